The summed E-state index contributed by atoms with van der Waals surface area (Å²) in [5.74, 6) is 2.46. The molecule has 18 heavy (non-hydrogen) atoms. The Bertz CT molecular complexity index is 400. The van der Waals surface area contributed by atoms with E-state index in [4.69, 9.17) is 14.7 Å². The van der Waals surface area contributed by atoms with Crippen LogP contribution in [0.15, 0.2) is 0 Å². The fourth-order valence-electron chi connectivity index (χ4n) is 2.40. The molecule has 1 aliphatic rings. The van der Waals surface area contributed by atoms with Gasteiger partial charge in [0.15, 0.2) is 0 Å². The SMILES string of the molecule is CCNc1nc(C2CCOCC2)nc(CC)c1C. The van der Waals surface area contributed by atoms with E-state index >= 15 is 0 Å². The first-order valence-corrected chi connectivity index (χ1v) is 6.95. The van der Waals surface area contributed by atoms with E-state index in [-0.39, 0.29) is 0 Å². The molecule has 1 saturated heterocycles. The molecule has 0 saturated carbocycles. The van der Waals surface area contributed by atoms with Gasteiger partial charge in [0.05, 0.1) is 0 Å². The minimum Gasteiger partial charge on any atom is -0.381 e. The van der Waals surface area contributed by atoms with E-state index in [1.807, 2.05) is 0 Å². The van der Waals surface area contributed by atoms with Crippen molar-refractivity contribution in [2.45, 2.75) is 46.0 Å². The summed E-state index contributed by atoms with van der Waals surface area (Å²) in [4.78, 5) is 9.47. The molecule has 100 valence electrons. The third-order valence-electron chi connectivity index (χ3n) is 3.53. The zero-order valence-electron chi connectivity index (χ0n) is 11.6. The molecular formula is C14H23N3O. The van der Waals surface area contributed by atoms with E-state index in [1.165, 1.54) is 11.3 Å². The Morgan fingerprint density at radius 3 is 2.56 bits per heavy atom. The molecule has 0 unspecified atom stereocenters. The summed E-state index contributed by atoms with van der Waals surface area (Å²) in [7, 11) is 0. The van der Waals surface area contributed by atoms with Gasteiger partial charge in [0.1, 0.15) is 11.6 Å². The van der Waals surface area contributed by atoms with Gasteiger partial charge in [-0.3, -0.25) is 0 Å². The first-order chi connectivity index (χ1) is 8.76. The van der Waals surface area contributed by atoms with Crippen molar-refractivity contribution < 1.29 is 4.74 Å². The van der Waals surface area contributed by atoms with Crippen LogP contribution >= 0.6 is 0 Å². The zero-order valence-corrected chi connectivity index (χ0v) is 11.6. The van der Waals surface area contributed by atoms with Crippen molar-refractivity contribution in [1.82, 2.24) is 9.97 Å². The Kier molecular flexibility index (Phi) is 4.53. The van der Waals surface area contributed by atoms with Crippen molar-refractivity contribution in [3.05, 3.63) is 17.1 Å². The highest BCUT2D eigenvalue weighted by atomic mass is 16.5. The number of nitrogens with zero attached hydrogens (tertiary/aromatic N) is 2. The monoisotopic (exact) mass is 249 g/mol. The predicted molar refractivity (Wildman–Crippen MR) is 73.1 cm³/mol. The van der Waals surface area contributed by atoms with Crippen LogP contribution in [0.3, 0.4) is 0 Å². The van der Waals surface area contributed by atoms with Crippen LogP contribution in [-0.4, -0.2) is 29.7 Å². The molecule has 1 aliphatic heterocycles. The smallest absolute Gasteiger partial charge is 0.134 e. The van der Waals surface area contributed by atoms with Crippen LogP contribution in [0.1, 0.15) is 49.7 Å². The average molecular weight is 249 g/mol. The lowest BCUT2D eigenvalue weighted by atomic mass is 9.99. The topological polar surface area (TPSA) is 47.0 Å². The van der Waals surface area contributed by atoms with E-state index in [2.05, 4.69) is 26.1 Å². The maximum absolute atomic E-state index is 5.41. The number of nitrogens with one attached hydrogen (secondary N) is 1. The van der Waals surface area contributed by atoms with E-state index in [0.717, 1.165) is 50.7 Å². The van der Waals surface area contributed by atoms with Gasteiger partial charge in [-0.1, -0.05) is 6.92 Å². The van der Waals surface area contributed by atoms with Crippen molar-refractivity contribution >= 4 is 5.82 Å². The molecule has 0 amide bonds. The van der Waals surface area contributed by atoms with Crippen LogP contribution < -0.4 is 5.32 Å². The Labute approximate surface area is 109 Å². The second kappa shape index (κ2) is 6.14. The summed E-state index contributed by atoms with van der Waals surface area (Å²) in [6, 6.07) is 0. The first-order valence-electron chi connectivity index (χ1n) is 6.95. The van der Waals surface area contributed by atoms with E-state index in [9.17, 15) is 0 Å². The van der Waals surface area contributed by atoms with E-state index < -0.39 is 0 Å². The number of aromatic nitrogens is 2. The van der Waals surface area contributed by atoms with Crippen LogP contribution in [0, 0.1) is 6.92 Å². The molecular weight excluding hydrogens is 226 g/mol. The highest BCUT2D eigenvalue weighted by Crippen LogP contribution is 2.27. The quantitative estimate of drug-likeness (QED) is 0.891. The highest BCUT2D eigenvalue weighted by Gasteiger charge is 2.20. The Morgan fingerprint density at radius 2 is 1.94 bits per heavy atom. The number of hydrogen-bond donors (Lipinski definition) is 1. The highest BCUT2D eigenvalue weighted by molar-refractivity contribution is 5.46. The predicted octanol–water partition coefficient (Wildman–Crippen LogP) is 2.67. The van der Waals surface area contributed by atoms with Gasteiger partial charge in [0.25, 0.3) is 0 Å². The largest absolute Gasteiger partial charge is 0.381 e. The molecule has 0 aromatic carbocycles. The minimum atomic E-state index is 0.460. The van der Waals surface area contributed by atoms with E-state index in [0.29, 0.717) is 5.92 Å². The maximum atomic E-state index is 5.41. The summed E-state index contributed by atoms with van der Waals surface area (Å²) in [6.07, 6.45) is 3.04. The number of rotatable bonds is 4. The molecule has 1 aromatic rings. The molecule has 4 heteroatoms. The zero-order chi connectivity index (χ0) is 13.0. The molecule has 0 radical (unpaired) electrons. The van der Waals surface area contributed by atoms with Crippen molar-refractivity contribution in [2.24, 2.45) is 0 Å². The van der Waals surface area contributed by atoms with Gasteiger partial charge in [-0.25, -0.2) is 9.97 Å². The van der Waals surface area contributed by atoms with E-state index in [1.54, 1.807) is 0 Å². The lowest BCUT2D eigenvalue weighted by molar-refractivity contribution is 0.0835. The molecule has 2 rings (SSSR count). The van der Waals surface area contributed by atoms with Gasteiger partial charge in [0.2, 0.25) is 0 Å². The van der Waals surface area contributed by atoms with Crippen LogP contribution in [0.4, 0.5) is 5.82 Å². The molecule has 0 spiro atoms. The average Bonchev–Trinajstić information content (AvgIpc) is 2.42. The van der Waals surface area contributed by atoms with Gasteiger partial charge in [-0.2, -0.15) is 0 Å². The summed E-state index contributed by atoms with van der Waals surface area (Å²) in [6.45, 7) is 8.92. The Morgan fingerprint density at radius 1 is 1.22 bits per heavy atom. The molecule has 1 fully saturated rings. The van der Waals surface area contributed by atoms with Gasteiger partial charge in [-0.15, -0.1) is 0 Å². The Balaban J connectivity index is 2.31. The van der Waals surface area contributed by atoms with Gasteiger partial charge < -0.3 is 10.1 Å². The van der Waals surface area contributed by atoms with Crippen molar-refractivity contribution in [3.8, 4) is 0 Å². The first kappa shape index (κ1) is 13.3. The normalized spacial score (nSPS) is 16.8. The molecule has 0 bridgehead atoms. The summed E-state index contributed by atoms with van der Waals surface area (Å²) in [5, 5.41) is 3.35. The number of hydrogen-bond acceptors (Lipinski definition) is 4. The van der Waals surface area contributed by atoms with Crippen LogP contribution in [0.25, 0.3) is 0 Å². The molecule has 4 nitrogen and oxygen atoms in total. The summed E-state index contributed by atoms with van der Waals surface area (Å²) >= 11 is 0. The lowest BCUT2D eigenvalue weighted by Gasteiger charge is -2.22. The van der Waals surface area contributed by atoms with Crippen LogP contribution in [0.2, 0.25) is 0 Å². The lowest BCUT2D eigenvalue weighted by Crippen LogP contribution is -2.18. The second-order valence-corrected chi connectivity index (χ2v) is 4.77. The van der Waals surface area contributed by atoms with Crippen LogP contribution in [-0.2, 0) is 11.2 Å². The summed E-state index contributed by atoms with van der Waals surface area (Å²) in [5.41, 5.74) is 2.36. The molecule has 1 aromatic heterocycles. The molecule has 1 N–H and O–H groups in total. The Hall–Kier alpha value is -1.16. The molecule has 2 heterocycles. The standard InChI is InChI=1S/C14H23N3O/c1-4-12-10(3)13(15-5-2)17-14(16-12)11-6-8-18-9-7-11/h11H,4-9H2,1-3H3,(H,15,16,17). The number of ether oxygens (including phenoxy) is 1. The number of aryl methyl sites for hydroxylation is 1. The van der Waals surface area contributed by atoms with Gasteiger partial charge in [-0.05, 0) is 33.1 Å². The van der Waals surface area contributed by atoms with Crippen LogP contribution in [0.5, 0.6) is 0 Å². The maximum Gasteiger partial charge on any atom is 0.134 e. The third-order valence-corrected chi connectivity index (χ3v) is 3.53. The molecule has 0 atom stereocenters. The fraction of sp³-hybridized carbons (Fsp3) is 0.714. The fourth-order valence-corrected chi connectivity index (χ4v) is 2.40. The van der Waals surface area contributed by atoms with Crippen molar-refractivity contribution in [1.29, 1.82) is 0 Å². The summed E-state index contributed by atoms with van der Waals surface area (Å²) < 4.78 is 5.41. The second-order valence-electron chi connectivity index (χ2n) is 4.77. The molecule has 0 aliphatic carbocycles. The van der Waals surface area contributed by atoms with Gasteiger partial charge in [0, 0.05) is 36.9 Å². The number of anilines is 1. The van der Waals surface area contributed by atoms with Crippen molar-refractivity contribution in [3.63, 3.8) is 0 Å². The van der Waals surface area contributed by atoms with Gasteiger partial charge >= 0.3 is 0 Å². The minimum absolute atomic E-state index is 0.460. The van der Waals surface area contributed by atoms with Crippen molar-refractivity contribution in [2.75, 3.05) is 25.1 Å². The third kappa shape index (κ3) is 2.80.